The van der Waals surface area contributed by atoms with E-state index in [2.05, 4.69) is 17.5 Å². The van der Waals surface area contributed by atoms with E-state index in [4.69, 9.17) is 11.6 Å². The van der Waals surface area contributed by atoms with Gasteiger partial charge in [0.1, 0.15) is 6.04 Å². The summed E-state index contributed by atoms with van der Waals surface area (Å²) in [4.78, 5) is 40.1. The zero-order chi connectivity index (χ0) is 19.0. The normalized spacial score (nSPS) is 36.5. The number of halogens is 1. The monoisotopic (exact) mass is 384 g/mol. The van der Waals surface area contributed by atoms with Gasteiger partial charge in [0.05, 0.1) is 11.8 Å². The van der Waals surface area contributed by atoms with Crippen molar-refractivity contribution in [2.45, 2.75) is 26.3 Å². The lowest BCUT2D eigenvalue weighted by atomic mass is 9.63. The number of aryl methyl sites for hydroxylation is 1. The van der Waals surface area contributed by atoms with Crippen molar-refractivity contribution in [1.29, 1.82) is 0 Å². The van der Waals surface area contributed by atoms with E-state index in [0.717, 1.165) is 12.0 Å². The number of carbonyl (C=O) groups excluding carboxylic acids is 3. The maximum atomic E-state index is 13.1. The number of carbonyl (C=O) groups is 3. The third-order valence-electron chi connectivity index (χ3n) is 6.90. The summed E-state index contributed by atoms with van der Waals surface area (Å²) in [6.07, 6.45) is 5.39. The Morgan fingerprint density at radius 2 is 1.74 bits per heavy atom. The summed E-state index contributed by atoms with van der Waals surface area (Å²) >= 11 is 6.11. The number of imide groups is 1. The van der Waals surface area contributed by atoms with Crippen molar-refractivity contribution in [1.82, 2.24) is 4.90 Å². The second-order valence-electron chi connectivity index (χ2n) is 8.33. The van der Waals surface area contributed by atoms with Gasteiger partial charge in [0.25, 0.3) is 0 Å². The van der Waals surface area contributed by atoms with Gasteiger partial charge >= 0.3 is 0 Å². The zero-order valence-electron chi connectivity index (χ0n) is 15.2. The molecule has 6 heteroatoms. The molecule has 0 spiro atoms. The number of amides is 3. The van der Waals surface area contributed by atoms with Gasteiger partial charge in [0.15, 0.2) is 0 Å². The molecule has 0 unspecified atom stereocenters. The van der Waals surface area contributed by atoms with Crippen LogP contribution in [-0.4, -0.2) is 28.7 Å². The molecule has 6 rings (SSSR count). The molecule has 1 aromatic carbocycles. The van der Waals surface area contributed by atoms with Crippen LogP contribution >= 0.6 is 11.6 Å². The Morgan fingerprint density at radius 1 is 1.15 bits per heavy atom. The predicted molar refractivity (Wildman–Crippen MR) is 101 cm³/mol. The summed E-state index contributed by atoms with van der Waals surface area (Å²) in [6.45, 7) is 3.50. The van der Waals surface area contributed by atoms with Crippen molar-refractivity contribution in [3.63, 3.8) is 0 Å². The molecule has 27 heavy (non-hydrogen) atoms. The summed E-state index contributed by atoms with van der Waals surface area (Å²) in [6, 6.07) is 4.41. The molecular weight excluding hydrogens is 364 g/mol. The highest BCUT2D eigenvalue weighted by Crippen LogP contribution is 2.65. The first kappa shape index (κ1) is 17.0. The minimum absolute atomic E-state index is 0.164. The third-order valence-corrected chi connectivity index (χ3v) is 7.31. The van der Waals surface area contributed by atoms with Gasteiger partial charge in [-0.1, -0.05) is 29.8 Å². The number of hydrogen-bond donors (Lipinski definition) is 1. The van der Waals surface area contributed by atoms with Crippen LogP contribution in [0.3, 0.4) is 0 Å². The van der Waals surface area contributed by atoms with Crippen molar-refractivity contribution in [3.05, 3.63) is 40.9 Å². The molecule has 1 saturated heterocycles. The number of likely N-dealkylation sites (tertiary alicyclic amines) is 1. The van der Waals surface area contributed by atoms with Crippen LogP contribution in [0.1, 0.15) is 18.9 Å². The van der Waals surface area contributed by atoms with E-state index in [0.29, 0.717) is 22.5 Å². The lowest BCUT2D eigenvalue weighted by Crippen LogP contribution is -2.46. The van der Waals surface area contributed by atoms with Crippen molar-refractivity contribution >= 4 is 35.0 Å². The lowest BCUT2D eigenvalue weighted by molar-refractivity contribution is -0.146. The zero-order valence-corrected chi connectivity index (χ0v) is 15.9. The highest BCUT2D eigenvalue weighted by atomic mass is 35.5. The fourth-order valence-corrected chi connectivity index (χ4v) is 5.58. The minimum Gasteiger partial charge on any atom is -0.324 e. The molecule has 3 fully saturated rings. The van der Waals surface area contributed by atoms with Gasteiger partial charge in [-0.15, -0.1) is 0 Å². The van der Waals surface area contributed by atoms with Gasteiger partial charge < -0.3 is 5.32 Å². The van der Waals surface area contributed by atoms with Crippen LogP contribution in [0.25, 0.3) is 0 Å². The quantitative estimate of drug-likeness (QED) is 0.643. The average Bonchev–Trinajstić information content (AvgIpc) is 3.42. The molecule has 2 saturated carbocycles. The number of rotatable bonds is 3. The van der Waals surface area contributed by atoms with Gasteiger partial charge in [-0.3, -0.25) is 19.3 Å². The van der Waals surface area contributed by atoms with Crippen molar-refractivity contribution < 1.29 is 14.4 Å². The number of benzene rings is 1. The maximum Gasteiger partial charge on any atom is 0.247 e. The summed E-state index contributed by atoms with van der Waals surface area (Å²) < 4.78 is 0. The van der Waals surface area contributed by atoms with Gasteiger partial charge in [0, 0.05) is 10.7 Å². The van der Waals surface area contributed by atoms with E-state index in [-0.39, 0.29) is 41.4 Å². The first-order valence-corrected chi connectivity index (χ1v) is 9.88. The van der Waals surface area contributed by atoms with E-state index in [1.54, 1.807) is 19.1 Å². The summed E-state index contributed by atoms with van der Waals surface area (Å²) in [5.41, 5.74) is 1.47. The van der Waals surface area contributed by atoms with E-state index >= 15 is 0 Å². The molecule has 0 radical (unpaired) electrons. The standard InChI is InChI=1S/C21H21ClN2O3/c1-9-3-4-11(7-16(9)22)23-19(25)10(2)24-20(26)17-12-5-6-13(15-8-14(12)15)18(17)21(24)27/h3-7,10,12-15,17-18H,8H2,1-2H3,(H,23,25)/t10-,12-,13-,14-,15-,17-,18+/m1/s1. The molecular formula is C21H21ClN2O3. The Labute approximate surface area is 162 Å². The number of anilines is 1. The number of hydrogen-bond acceptors (Lipinski definition) is 3. The van der Waals surface area contributed by atoms with Crippen molar-refractivity contribution in [2.24, 2.45) is 35.5 Å². The summed E-state index contributed by atoms with van der Waals surface area (Å²) in [7, 11) is 0. The van der Waals surface area contributed by atoms with Crippen molar-refractivity contribution in [2.75, 3.05) is 5.32 Å². The Kier molecular flexibility index (Phi) is 3.57. The van der Waals surface area contributed by atoms with Crippen LogP contribution in [0.5, 0.6) is 0 Å². The highest BCUT2D eigenvalue weighted by Gasteiger charge is 2.67. The van der Waals surface area contributed by atoms with Crippen molar-refractivity contribution in [3.8, 4) is 0 Å². The van der Waals surface area contributed by atoms with E-state index in [9.17, 15) is 14.4 Å². The predicted octanol–water partition coefficient (Wildman–Crippen LogP) is 3.03. The third kappa shape index (κ3) is 2.34. The molecule has 1 aromatic rings. The maximum absolute atomic E-state index is 13.1. The van der Waals surface area contributed by atoms with Crippen LogP contribution in [-0.2, 0) is 14.4 Å². The highest BCUT2D eigenvalue weighted by molar-refractivity contribution is 6.31. The molecule has 4 aliphatic carbocycles. The lowest BCUT2D eigenvalue weighted by Gasteiger charge is -2.37. The summed E-state index contributed by atoms with van der Waals surface area (Å²) in [5.74, 6) is 0.142. The number of nitrogens with zero attached hydrogens (tertiary/aromatic N) is 1. The molecule has 2 bridgehead atoms. The van der Waals surface area contributed by atoms with E-state index < -0.39 is 6.04 Å². The number of allylic oxidation sites excluding steroid dienone is 2. The molecule has 1 aliphatic heterocycles. The molecule has 0 aromatic heterocycles. The molecule has 7 atom stereocenters. The van der Waals surface area contributed by atoms with Crippen LogP contribution in [0, 0.1) is 42.4 Å². The Balaban J connectivity index is 1.37. The number of nitrogens with one attached hydrogen (secondary N) is 1. The Morgan fingerprint density at radius 3 is 2.30 bits per heavy atom. The van der Waals surface area contributed by atoms with Gasteiger partial charge in [-0.05, 0) is 61.6 Å². The van der Waals surface area contributed by atoms with Gasteiger partial charge in [0.2, 0.25) is 17.7 Å². The smallest absolute Gasteiger partial charge is 0.247 e. The Hall–Kier alpha value is -2.14. The van der Waals surface area contributed by atoms with Crippen LogP contribution < -0.4 is 5.32 Å². The topological polar surface area (TPSA) is 66.5 Å². The van der Waals surface area contributed by atoms with E-state index in [1.807, 2.05) is 13.0 Å². The molecule has 5 nitrogen and oxygen atoms in total. The second-order valence-corrected chi connectivity index (χ2v) is 8.74. The largest absolute Gasteiger partial charge is 0.324 e. The van der Waals surface area contributed by atoms with Crippen LogP contribution in [0.4, 0.5) is 5.69 Å². The second kappa shape index (κ2) is 5.68. The SMILES string of the molecule is Cc1ccc(NC(=O)[C@@H](C)N2C(=O)[C@@H]3[C@@H]4C=C[C@H]([C@H]5C[C@H]45)[C@@H]3C2=O)cc1Cl. The minimum atomic E-state index is -0.841. The van der Waals surface area contributed by atoms with Gasteiger partial charge in [-0.2, -0.15) is 0 Å². The molecule has 3 amide bonds. The first-order chi connectivity index (χ1) is 12.9. The molecule has 5 aliphatic rings. The Bertz CT molecular complexity index is 875. The molecule has 140 valence electrons. The average molecular weight is 385 g/mol. The van der Waals surface area contributed by atoms with Crippen LogP contribution in [0.2, 0.25) is 5.02 Å². The first-order valence-electron chi connectivity index (χ1n) is 9.50. The van der Waals surface area contributed by atoms with E-state index in [1.165, 1.54) is 4.90 Å². The summed E-state index contributed by atoms with van der Waals surface area (Å²) in [5, 5.41) is 3.34. The molecule has 1 N–H and O–H groups in total. The van der Waals surface area contributed by atoms with Crippen LogP contribution in [0.15, 0.2) is 30.4 Å². The fourth-order valence-electron chi connectivity index (χ4n) is 5.40. The van der Waals surface area contributed by atoms with Gasteiger partial charge in [-0.25, -0.2) is 0 Å². The fraction of sp³-hybridized carbons (Fsp3) is 0.476. The molecule has 1 heterocycles.